The van der Waals surface area contributed by atoms with Crippen LogP contribution in [-0.4, -0.2) is 30.7 Å². The van der Waals surface area contributed by atoms with Gasteiger partial charge in [0.05, 0.1) is 6.42 Å². The van der Waals surface area contributed by atoms with Crippen molar-refractivity contribution < 1.29 is 22.4 Å². The van der Waals surface area contributed by atoms with Gasteiger partial charge >= 0.3 is 6.18 Å². The molecule has 1 heterocycles. The molecule has 1 fully saturated rings. The van der Waals surface area contributed by atoms with Gasteiger partial charge in [-0.1, -0.05) is 12.1 Å². The Morgan fingerprint density at radius 2 is 2.10 bits per heavy atom. The van der Waals surface area contributed by atoms with E-state index in [1.807, 2.05) is 0 Å². The van der Waals surface area contributed by atoms with Gasteiger partial charge in [-0.3, -0.25) is 4.79 Å². The van der Waals surface area contributed by atoms with Crippen LogP contribution in [0.2, 0.25) is 0 Å². The summed E-state index contributed by atoms with van der Waals surface area (Å²) in [4.78, 5) is 11.8. The van der Waals surface area contributed by atoms with E-state index in [1.54, 1.807) is 6.07 Å². The summed E-state index contributed by atoms with van der Waals surface area (Å²) in [6, 6.07) is 3.84. The van der Waals surface area contributed by atoms with Gasteiger partial charge in [-0.25, -0.2) is 4.39 Å². The van der Waals surface area contributed by atoms with E-state index < -0.39 is 18.0 Å². The Bertz CT molecular complexity index is 496. The SMILES string of the molecule is O=C(Cc1cccc(F)c1)NC1CCC(C(F)(F)F)NC1. The Morgan fingerprint density at radius 3 is 2.67 bits per heavy atom. The molecule has 0 bridgehead atoms. The molecule has 1 aliphatic rings. The zero-order valence-electron chi connectivity index (χ0n) is 11.2. The predicted molar refractivity (Wildman–Crippen MR) is 69.1 cm³/mol. The first-order valence-electron chi connectivity index (χ1n) is 6.68. The molecule has 1 saturated heterocycles. The molecule has 2 rings (SSSR count). The van der Waals surface area contributed by atoms with Gasteiger partial charge in [0.2, 0.25) is 5.91 Å². The second-order valence-corrected chi connectivity index (χ2v) is 5.15. The maximum atomic E-state index is 13.0. The van der Waals surface area contributed by atoms with Gasteiger partial charge in [0, 0.05) is 12.6 Å². The zero-order chi connectivity index (χ0) is 15.5. The van der Waals surface area contributed by atoms with Crippen molar-refractivity contribution in [3.8, 4) is 0 Å². The Balaban J connectivity index is 1.79. The molecule has 0 aromatic heterocycles. The third-order valence-corrected chi connectivity index (χ3v) is 3.43. The number of alkyl halides is 3. The third kappa shape index (κ3) is 4.70. The predicted octanol–water partition coefficient (Wildman–Crippen LogP) is 2.17. The monoisotopic (exact) mass is 304 g/mol. The molecule has 116 valence electrons. The lowest BCUT2D eigenvalue weighted by atomic mass is 10.00. The van der Waals surface area contributed by atoms with Crippen molar-refractivity contribution in [3.63, 3.8) is 0 Å². The normalized spacial score (nSPS) is 22.9. The molecule has 2 N–H and O–H groups in total. The standard InChI is InChI=1S/C14H16F4N2O/c15-10-3-1-2-9(6-10)7-13(21)20-11-4-5-12(19-8-11)14(16,17)18/h1-3,6,11-12,19H,4-5,7-8H2,(H,20,21). The highest BCUT2D eigenvalue weighted by Crippen LogP contribution is 2.26. The van der Waals surface area contributed by atoms with Crippen LogP contribution in [0, 0.1) is 5.82 Å². The van der Waals surface area contributed by atoms with Crippen molar-refractivity contribution in [3.05, 3.63) is 35.6 Å². The first-order chi connectivity index (χ1) is 9.84. The highest BCUT2D eigenvalue weighted by atomic mass is 19.4. The molecule has 2 atom stereocenters. The van der Waals surface area contributed by atoms with E-state index in [0.717, 1.165) is 0 Å². The third-order valence-electron chi connectivity index (χ3n) is 3.43. The Morgan fingerprint density at radius 1 is 1.33 bits per heavy atom. The molecule has 7 heteroatoms. The van der Waals surface area contributed by atoms with Crippen LogP contribution in [-0.2, 0) is 11.2 Å². The Labute approximate surface area is 119 Å². The minimum atomic E-state index is -4.25. The summed E-state index contributed by atoms with van der Waals surface area (Å²) >= 11 is 0. The summed E-state index contributed by atoms with van der Waals surface area (Å²) < 4.78 is 50.4. The van der Waals surface area contributed by atoms with Crippen LogP contribution in [0.3, 0.4) is 0 Å². The first kappa shape index (κ1) is 15.8. The number of benzene rings is 1. The van der Waals surface area contributed by atoms with Crippen molar-refractivity contribution in [2.75, 3.05) is 6.54 Å². The molecule has 3 nitrogen and oxygen atoms in total. The number of halogens is 4. The second-order valence-electron chi connectivity index (χ2n) is 5.15. The van der Waals surface area contributed by atoms with Crippen molar-refractivity contribution >= 4 is 5.91 Å². The fraction of sp³-hybridized carbons (Fsp3) is 0.500. The lowest BCUT2D eigenvalue weighted by Gasteiger charge is -2.31. The summed E-state index contributed by atoms with van der Waals surface area (Å²) in [6.45, 7) is 0.0824. The van der Waals surface area contributed by atoms with E-state index in [9.17, 15) is 22.4 Å². The summed E-state index contributed by atoms with van der Waals surface area (Å²) in [6.07, 6.45) is -4.03. The number of hydrogen-bond acceptors (Lipinski definition) is 2. The molecule has 0 saturated carbocycles. The van der Waals surface area contributed by atoms with E-state index in [1.165, 1.54) is 18.2 Å². The van der Waals surface area contributed by atoms with Crippen molar-refractivity contribution in [1.29, 1.82) is 0 Å². The van der Waals surface area contributed by atoms with Gasteiger partial charge in [0.1, 0.15) is 11.9 Å². The van der Waals surface area contributed by atoms with Gasteiger partial charge in [-0.2, -0.15) is 13.2 Å². The molecule has 1 aliphatic heterocycles. The largest absolute Gasteiger partial charge is 0.403 e. The van der Waals surface area contributed by atoms with Crippen molar-refractivity contribution in [2.45, 2.75) is 37.5 Å². The van der Waals surface area contributed by atoms with Crippen molar-refractivity contribution in [1.82, 2.24) is 10.6 Å². The summed E-state index contributed by atoms with van der Waals surface area (Å²) in [7, 11) is 0. The highest BCUT2D eigenvalue weighted by molar-refractivity contribution is 5.78. The number of carbonyl (C=O) groups is 1. The van der Waals surface area contributed by atoms with Gasteiger partial charge in [0.25, 0.3) is 0 Å². The smallest absolute Gasteiger partial charge is 0.352 e. The molecule has 0 aliphatic carbocycles. The zero-order valence-corrected chi connectivity index (χ0v) is 11.2. The van der Waals surface area contributed by atoms with Crippen LogP contribution in [0.5, 0.6) is 0 Å². The molecule has 1 aromatic carbocycles. The van der Waals surface area contributed by atoms with Crippen LogP contribution < -0.4 is 10.6 Å². The topological polar surface area (TPSA) is 41.1 Å². The maximum Gasteiger partial charge on any atom is 0.403 e. The summed E-state index contributed by atoms with van der Waals surface area (Å²) in [5.74, 6) is -0.745. The molecule has 0 spiro atoms. The van der Waals surface area contributed by atoms with Crippen LogP contribution >= 0.6 is 0 Å². The van der Waals surface area contributed by atoms with Gasteiger partial charge in [-0.15, -0.1) is 0 Å². The summed E-state index contributed by atoms with van der Waals surface area (Å²) in [5.41, 5.74) is 0.532. The van der Waals surface area contributed by atoms with Gasteiger partial charge in [-0.05, 0) is 30.5 Å². The minimum absolute atomic E-state index is 0.0109. The quantitative estimate of drug-likeness (QED) is 0.840. The number of piperidine rings is 1. The first-order valence-corrected chi connectivity index (χ1v) is 6.68. The molecule has 2 unspecified atom stereocenters. The Kier molecular flexibility index (Phi) is 4.82. The molecule has 0 radical (unpaired) electrons. The maximum absolute atomic E-state index is 13.0. The van der Waals surface area contributed by atoms with Crippen LogP contribution in [0.15, 0.2) is 24.3 Å². The minimum Gasteiger partial charge on any atom is -0.352 e. The van der Waals surface area contributed by atoms with Gasteiger partial charge < -0.3 is 10.6 Å². The van der Waals surface area contributed by atoms with E-state index in [4.69, 9.17) is 0 Å². The second kappa shape index (κ2) is 6.43. The number of carbonyl (C=O) groups excluding carboxylic acids is 1. The van der Waals surface area contributed by atoms with Crippen LogP contribution in [0.4, 0.5) is 17.6 Å². The fourth-order valence-electron chi connectivity index (χ4n) is 2.37. The van der Waals surface area contributed by atoms with E-state index in [0.29, 0.717) is 5.56 Å². The van der Waals surface area contributed by atoms with Crippen molar-refractivity contribution in [2.24, 2.45) is 0 Å². The number of amides is 1. The highest BCUT2D eigenvalue weighted by Gasteiger charge is 2.41. The summed E-state index contributed by atoms with van der Waals surface area (Å²) in [5, 5.41) is 5.06. The molecule has 1 aromatic rings. The van der Waals surface area contributed by atoms with E-state index in [-0.39, 0.29) is 37.8 Å². The Hall–Kier alpha value is -1.63. The molecular formula is C14H16F4N2O. The molecule has 21 heavy (non-hydrogen) atoms. The van der Waals surface area contributed by atoms with Gasteiger partial charge in [0.15, 0.2) is 0 Å². The van der Waals surface area contributed by atoms with Crippen LogP contribution in [0.25, 0.3) is 0 Å². The average molecular weight is 304 g/mol. The van der Waals surface area contributed by atoms with Crippen LogP contribution in [0.1, 0.15) is 18.4 Å². The van der Waals surface area contributed by atoms with E-state index >= 15 is 0 Å². The van der Waals surface area contributed by atoms with E-state index in [2.05, 4.69) is 10.6 Å². The number of nitrogens with one attached hydrogen (secondary N) is 2. The molecule has 1 amide bonds. The average Bonchev–Trinajstić information content (AvgIpc) is 2.38. The lowest BCUT2D eigenvalue weighted by Crippen LogP contribution is -2.54. The number of hydrogen-bond donors (Lipinski definition) is 2. The fourth-order valence-corrected chi connectivity index (χ4v) is 2.37. The number of rotatable bonds is 3. The molecular weight excluding hydrogens is 288 g/mol. The lowest BCUT2D eigenvalue weighted by molar-refractivity contribution is -0.161.